The Kier molecular flexibility index (Phi) is 5.41. The number of rotatable bonds is 5. The zero-order valence-corrected chi connectivity index (χ0v) is 11.4. The van der Waals surface area contributed by atoms with Gasteiger partial charge in [0.05, 0.1) is 13.0 Å². The molecule has 1 atom stereocenters. The molecule has 1 N–H and O–H groups in total. The predicted molar refractivity (Wildman–Crippen MR) is 70.5 cm³/mol. The van der Waals surface area contributed by atoms with Crippen LogP contribution in [0, 0.1) is 0 Å². The van der Waals surface area contributed by atoms with E-state index in [1.807, 2.05) is 11.8 Å². The minimum Gasteiger partial charge on any atom is -0.381 e. The summed E-state index contributed by atoms with van der Waals surface area (Å²) in [5.41, 5.74) is 0. The zero-order valence-electron chi connectivity index (χ0n) is 11.4. The van der Waals surface area contributed by atoms with Gasteiger partial charge in [-0.25, -0.2) is 0 Å². The van der Waals surface area contributed by atoms with Crippen LogP contribution in [0.15, 0.2) is 0 Å². The van der Waals surface area contributed by atoms with E-state index >= 15 is 0 Å². The van der Waals surface area contributed by atoms with Gasteiger partial charge in [0, 0.05) is 51.9 Å². The molecule has 0 spiro atoms. The third-order valence-electron chi connectivity index (χ3n) is 3.85. The van der Waals surface area contributed by atoms with E-state index in [1.165, 1.54) is 0 Å². The Morgan fingerprint density at radius 3 is 2.83 bits per heavy atom. The Labute approximate surface area is 109 Å². The lowest BCUT2D eigenvalue weighted by Gasteiger charge is -2.32. The van der Waals surface area contributed by atoms with E-state index in [9.17, 15) is 4.79 Å². The number of amides is 1. The highest BCUT2D eigenvalue weighted by molar-refractivity contribution is 5.76. The van der Waals surface area contributed by atoms with Crippen molar-refractivity contribution in [1.82, 2.24) is 15.1 Å². The van der Waals surface area contributed by atoms with Gasteiger partial charge < -0.3 is 15.0 Å². The van der Waals surface area contributed by atoms with Gasteiger partial charge in [0.2, 0.25) is 5.91 Å². The first kappa shape index (κ1) is 13.8. The van der Waals surface area contributed by atoms with Gasteiger partial charge in [-0.2, -0.15) is 0 Å². The van der Waals surface area contributed by atoms with Crippen LogP contribution in [0.1, 0.15) is 19.8 Å². The van der Waals surface area contributed by atoms with Crippen molar-refractivity contribution < 1.29 is 9.53 Å². The standard InChI is InChI=1S/C13H25N3O2/c1-2-18-10-4-13(17)16-7-3-12(11-16)15-8-5-14-6-9-15/h12,14H,2-11H2,1H3. The van der Waals surface area contributed by atoms with Crippen molar-refractivity contribution in [3.05, 3.63) is 0 Å². The van der Waals surface area contributed by atoms with E-state index in [0.717, 1.165) is 45.7 Å². The molecule has 5 nitrogen and oxygen atoms in total. The third kappa shape index (κ3) is 3.67. The van der Waals surface area contributed by atoms with Gasteiger partial charge in [-0.3, -0.25) is 9.69 Å². The first-order valence-corrected chi connectivity index (χ1v) is 7.11. The number of carbonyl (C=O) groups excluding carboxylic acids is 1. The van der Waals surface area contributed by atoms with Crippen molar-refractivity contribution in [2.75, 3.05) is 52.5 Å². The highest BCUT2D eigenvalue weighted by Crippen LogP contribution is 2.16. The van der Waals surface area contributed by atoms with E-state index in [2.05, 4.69) is 10.2 Å². The topological polar surface area (TPSA) is 44.8 Å². The molecule has 5 heteroatoms. The van der Waals surface area contributed by atoms with Crippen LogP contribution in [0.3, 0.4) is 0 Å². The maximum atomic E-state index is 12.0. The fourth-order valence-electron chi connectivity index (χ4n) is 2.78. The first-order valence-electron chi connectivity index (χ1n) is 7.11. The lowest BCUT2D eigenvalue weighted by molar-refractivity contribution is -0.131. The molecule has 0 aromatic carbocycles. The number of hydrogen-bond acceptors (Lipinski definition) is 4. The highest BCUT2D eigenvalue weighted by atomic mass is 16.5. The summed E-state index contributed by atoms with van der Waals surface area (Å²) >= 11 is 0. The van der Waals surface area contributed by atoms with E-state index in [0.29, 0.717) is 25.7 Å². The second-order valence-electron chi connectivity index (χ2n) is 5.02. The van der Waals surface area contributed by atoms with Crippen LogP contribution in [0.25, 0.3) is 0 Å². The van der Waals surface area contributed by atoms with Gasteiger partial charge in [-0.05, 0) is 13.3 Å². The summed E-state index contributed by atoms with van der Waals surface area (Å²) < 4.78 is 5.24. The number of carbonyl (C=O) groups is 1. The molecule has 104 valence electrons. The number of piperazine rings is 1. The molecule has 1 unspecified atom stereocenters. The fraction of sp³-hybridized carbons (Fsp3) is 0.923. The molecule has 2 aliphatic rings. The molecule has 0 saturated carbocycles. The minimum absolute atomic E-state index is 0.251. The van der Waals surface area contributed by atoms with Crippen molar-refractivity contribution in [3.63, 3.8) is 0 Å². The van der Waals surface area contributed by atoms with Crippen molar-refractivity contribution in [1.29, 1.82) is 0 Å². The summed E-state index contributed by atoms with van der Waals surface area (Å²) in [4.78, 5) is 16.5. The van der Waals surface area contributed by atoms with Crippen LogP contribution in [-0.2, 0) is 9.53 Å². The maximum absolute atomic E-state index is 12.0. The van der Waals surface area contributed by atoms with E-state index in [1.54, 1.807) is 0 Å². The maximum Gasteiger partial charge on any atom is 0.224 e. The van der Waals surface area contributed by atoms with Crippen LogP contribution in [0.2, 0.25) is 0 Å². The molecule has 0 aromatic rings. The lowest BCUT2D eigenvalue weighted by atomic mass is 10.2. The van der Waals surface area contributed by atoms with E-state index in [-0.39, 0.29) is 5.91 Å². The summed E-state index contributed by atoms with van der Waals surface area (Å²) in [5, 5.41) is 3.37. The van der Waals surface area contributed by atoms with Crippen molar-refractivity contribution in [2.45, 2.75) is 25.8 Å². The molecule has 2 fully saturated rings. The van der Waals surface area contributed by atoms with Crippen LogP contribution in [-0.4, -0.2) is 74.2 Å². The Bertz CT molecular complexity index is 267. The smallest absolute Gasteiger partial charge is 0.224 e. The quantitative estimate of drug-likeness (QED) is 0.698. The first-order chi connectivity index (χ1) is 8.81. The second kappa shape index (κ2) is 7.07. The molecule has 0 radical (unpaired) electrons. The van der Waals surface area contributed by atoms with Crippen LogP contribution < -0.4 is 5.32 Å². The summed E-state index contributed by atoms with van der Waals surface area (Å²) in [7, 11) is 0. The Hall–Kier alpha value is -0.650. The normalized spacial score (nSPS) is 25.6. The molecular formula is C13H25N3O2. The largest absolute Gasteiger partial charge is 0.381 e. The number of nitrogens with zero attached hydrogens (tertiary/aromatic N) is 2. The Morgan fingerprint density at radius 1 is 1.33 bits per heavy atom. The van der Waals surface area contributed by atoms with Gasteiger partial charge in [0.25, 0.3) is 0 Å². The van der Waals surface area contributed by atoms with Gasteiger partial charge in [0.1, 0.15) is 0 Å². The molecule has 0 aromatic heterocycles. The molecule has 2 saturated heterocycles. The molecule has 0 aliphatic carbocycles. The van der Waals surface area contributed by atoms with Crippen LogP contribution in [0.5, 0.6) is 0 Å². The summed E-state index contributed by atoms with van der Waals surface area (Å²) in [6.45, 7) is 9.42. The molecule has 18 heavy (non-hydrogen) atoms. The van der Waals surface area contributed by atoms with Crippen LogP contribution in [0.4, 0.5) is 0 Å². The SMILES string of the molecule is CCOCCC(=O)N1CCC(N2CCNCC2)C1. The van der Waals surface area contributed by atoms with Crippen LogP contribution >= 0.6 is 0 Å². The Morgan fingerprint density at radius 2 is 2.11 bits per heavy atom. The monoisotopic (exact) mass is 255 g/mol. The molecule has 0 bridgehead atoms. The van der Waals surface area contributed by atoms with Gasteiger partial charge in [-0.1, -0.05) is 0 Å². The molecule has 2 rings (SSSR count). The zero-order chi connectivity index (χ0) is 12.8. The molecular weight excluding hydrogens is 230 g/mol. The highest BCUT2D eigenvalue weighted by Gasteiger charge is 2.30. The summed E-state index contributed by atoms with van der Waals surface area (Å²) in [6, 6.07) is 0.572. The van der Waals surface area contributed by atoms with Gasteiger partial charge in [0.15, 0.2) is 0 Å². The van der Waals surface area contributed by atoms with Gasteiger partial charge in [-0.15, -0.1) is 0 Å². The average Bonchev–Trinajstić information content (AvgIpc) is 2.89. The molecule has 2 aliphatic heterocycles. The fourth-order valence-corrected chi connectivity index (χ4v) is 2.78. The number of ether oxygens (including phenoxy) is 1. The van der Waals surface area contributed by atoms with Gasteiger partial charge >= 0.3 is 0 Å². The number of hydrogen-bond donors (Lipinski definition) is 1. The van der Waals surface area contributed by atoms with Crippen molar-refractivity contribution in [2.24, 2.45) is 0 Å². The molecule has 2 heterocycles. The predicted octanol–water partition coefficient (Wildman–Crippen LogP) is -0.0809. The average molecular weight is 255 g/mol. The Balaban J connectivity index is 1.71. The number of likely N-dealkylation sites (tertiary alicyclic amines) is 1. The summed E-state index contributed by atoms with van der Waals surface area (Å²) in [6.07, 6.45) is 1.66. The third-order valence-corrected chi connectivity index (χ3v) is 3.85. The van der Waals surface area contributed by atoms with Crippen molar-refractivity contribution >= 4 is 5.91 Å². The summed E-state index contributed by atoms with van der Waals surface area (Å²) in [5.74, 6) is 0.251. The lowest BCUT2D eigenvalue weighted by Crippen LogP contribution is -2.49. The second-order valence-corrected chi connectivity index (χ2v) is 5.02. The number of nitrogens with one attached hydrogen (secondary N) is 1. The van der Waals surface area contributed by atoms with Crippen molar-refractivity contribution in [3.8, 4) is 0 Å². The van der Waals surface area contributed by atoms with E-state index < -0.39 is 0 Å². The molecule has 1 amide bonds. The minimum atomic E-state index is 0.251. The van der Waals surface area contributed by atoms with E-state index in [4.69, 9.17) is 4.74 Å².